The molecular formula is C29H56N2O8. The zero-order valence-electron chi connectivity index (χ0n) is 24.5. The van der Waals surface area contributed by atoms with Crippen LogP contribution < -0.4 is 0 Å². The molecule has 0 spiro atoms. The van der Waals surface area contributed by atoms with Crippen molar-refractivity contribution < 1.29 is 39.5 Å². The fraction of sp³-hybridized carbons (Fsp3) is 0.897. The number of aliphatic hydroxyl groups excluding tert-OH is 2. The van der Waals surface area contributed by atoms with E-state index in [0.29, 0.717) is 6.42 Å². The van der Waals surface area contributed by atoms with Crippen LogP contribution in [0.25, 0.3) is 0 Å². The van der Waals surface area contributed by atoms with Crippen molar-refractivity contribution in [1.82, 2.24) is 9.80 Å². The summed E-state index contributed by atoms with van der Waals surface area (Å²) in [6.07, 6.45) is 15.9. The molecular weight excluding hydrogens is 504 g/mol. The summed E-state index contributed by atoms with van der Waals surface area (Å²) >= 11 is 0. The smallest absolute Gasteiger partial charge is 0.338 e. The Morgan fingerprint density at radius 3 is 1.46 bits per heavy atom. The highest BCUT2D eigenvalue weighted by atomic mass is 16.5. The second-order valence-electron chi connectivity index (χ2n) is 10.7. The number of esters is 1. The van der Waals surface area contributed by atoms with Gasteiger partial charge in [-0.1, -0.05) is 103 Å². The third-order valence-corrected chi connectivity index (χ3v) is 6.99. The van der Waals surface area contributed by atoms with E-state index in [9.17, 15) is 19.5 Å². The van der Waals surface area contributed by atoms with Crippen LogP contribution in [-0.4, -0.2) is 107 Å². The molecule has 10 heteroatoms. The number of aliphatic hydroxyl groups is 2. The fourth-order valence-corrected chi connectivity index (χ4v) is 4.37. The molecule has 0 saturated carbocycles. The molecule has 2 atom stereocenters. The average molecular weight is 561 g/mol. The van der Waals surface area contributed by atoms with Gasteiger partial charge in [0.05, 0.1) is 13.2 Å². The first-order chi connectivity index (χ1) is 18.7. The van der Waals surface area contributed by atoms with Crippen molar-refractivity contribution in [1.29, 1.82) is 0 Å². The first-order valence-corrected chi connectivity index (χ1v) is 15.1. The Labute approximate surface area is 235 Å². The quantitative estimate of drug-likeness (QED) is 0.113. The van der Waals surface area contributed by atoms with Crippen LogP contribution in [0.1, 0.15) is 110 Å². The molecule has 1 rings (SSSR count). The topological polar surface area (TPSA) is 148 Å². The molecule has 1 saturated heterocycles. The first-order valence-electron chi connectivity index (χ1n) is 15.1. The Bertz CT molecular complexity index is 626. The maximum atomic E-state index is 11.4. The lowest BCUT2D eigenvalue weighted by atomic mass is 10.0. The zero-order valence-corrected chi connectivity index (χ0v) is 24.5. The Morgan fingerprint density at radius 1 is 0.667 bits per heavy atom. The molecule has 1 aliphatic heterocycles. The van der Waals surface area contributed by atoms with E-state index in [-0.39, 0.29) is 13.2 Å². The standard InChI is InChI=1S/C22H42O6.C7H14N2O2/c1-2-3-4-5-6-7-8-9-10-11-12-13-14-15-16-17-18-28-22(27)20(24)19(23)21(25)26;1-8-2-4-9(5-3-8)6-7(10)11/h19-20,23-24H,2-18H2,1H3,(H,25,26);2-6H2,1H3,(H,10,11). The van der Waals surface area contributed by atoms with Crippen LogP contribution in [0.5, 0.6) is 0 Å². The van der Waals surface area contributed by atoms with Crippen LogP contribution in [-0.2, 0) is 19.1 Å². The zero-order chi connectivity index (χ0) is 29.3. The Morgan fingerprint density at radius 2 is 1.08 bits per heavy atom. The van der Waals surface area contributed by atoms with E-state index in [2.05, 4.69) is 18.9 Å². The van der Waals surface area contributed by atoms with Crippen molar-refractivity contribution in [3.8, 4) is 0 Å². The number of carboxylic acids is 2. The number of unbranched alkanes of at least 4 members (excludes halogenated alkanes) is 15. The molecule has 0 amide bonds. The van der Waals surface area contributed by atoms with Crippen LogP contribution in [0.15, 0.2) is 0 Å². The lowest BCUT2D eigenvalue weighted by Crippen LogP contribution is -2.46. The van der Waals surface area contributed by atoms with Crippen LogP contribution in [0.4, 0.5) is 0 Å². The Balaban J connectivity index is 0.00000108. The second-order valence-corrected chi connectivity index (χ2v) is 10.7. The van der Waals surface area contributed by atoms with Gasteiger partial charge >= 0.3 is 17.9 Å². The van der Waals surface area contributed by atoms with Crippen molar-refractivity contribution >= 4 is 17.9 Å². The Kier molecular flexibility index (Phi) is 24.1. The molecule has 0 aromatic rings. The largest absolute Gasteiger partial charge is 0.480 e. The summed E-state index contributed by atoms with van der Waals surface area (Å²) in [7, 11) is 2.05. The number of likely N-dealkylation sites (N-methyl/N-ethyl adjacent to an activating group) is 1. The van der Waals surface area contributed by atoms with Crippen molar-refractivity contribution in [2.24, 2.45) is 0 Å². The number of piperazine rings is 1. The highest BCUT2D eigenvalue weighted by Gasteiger charge is 2.31. The molecule has 0 aromatic heterocycles. The maximum absolute atomic E-state index is 11.4. The molecule has 1 fully saturated rings. The summed E-state index contributed by atoms with van der Waals surface area (Å²) in [5.41, 5.74) is 0. The van der Waals surface area contributed by atoms with Gasteiger partial charge in [0.2, 0.25) is 0 Å². The van der Waals surface area contributed by atoms with Gasteiger partial charge in [-0.25, -0.2) is 9.59 Å². The molecule has 39 heavy (non-hydrogen) atoms. The molecule has 0 radical (unpaired) electrons. The normalized spacial score (nSPS) is 15.7. The van der Waals surface area contributed by atoms with Crippen LogP contribution in [0.2, 0.25) is 0 Å². The minimum Gasteiger partial charge on any atom is -0.480 e. The van der Waals surface area contributed by atoms with E-state index in [1.165, 1.54) is 83.5 Å². The summed E-state index contributed by atoms with van der Waals surface area (Å²) in [5.74, 6) is -3.46. The van der Waals surface area contributed by atoms with Gasteiger partial charge < -0.3 is 30.1 Å². The Hall–Kier alpha value is -1.75. The number of hydrogen-bond donors (Lipinski definition) is 4. The van der Waals surface area contributed by atoms with Crippen molar-refractivity contribution in [3.63, 3.8) is 0 Å². The van der Waals surface area contributed by atoms with Crippen LogP contribution >= 0.6 is 0 Å². The van der Waals surface area contributed by atoms with E-state index in [1.54, 1.807) is 0 Å². The van der Waals surface area contributed by atoms with E-state index < -0.39 is 30.1 Å². The van der Waals surface area contributed by atoms with Gasteiger partial charge in [0.25, 0.3) is 0 Å². The summed E-state index contributed by atoms with van der Waals surface area (Å²) in [5, 5.41) is 35.3. The van der Waals surface area contributed by atoms with Gasteiger partial charge in [0, 0.05) is 26.2 Å². The highest BCUT2D eigenvalue weighted by Crippen LogP contribution is 2.13. The number of carbonyl (C=O) groups excluding carboxylic acids is 1. The predicted octanol–water partition coefficient (Wildman–Crippen LogP) is 3.92. The van der Waals surface area contributed by atoms with E-state index in [4.69, 9.17) is 20.1 Å². The number of nitrogens with zero attached hydrogens (tertiary/aromatic N) is 2. The average Bonchev–Trinajstić information content (AvgIpc) is 2.90. The van der Waals surface area contributed by atoms with Crippen LogP contribution in [0, 0.1) is 0 Å². The number of rotatable bonds is 22. The third-order valence-electron chi connectivity index (χ3n) is 6.99. The third kappa shape index (κ3) is 22.7. The molecule has 0 bridgehead atoms. The van der Waals surface area contributed by atoms with E-state index >= 15 is 0 Å². The maximum Gasteiger partial charge on any atom is 0.338 e. The van der Waals surface area contributed by atoms with Crippen molar-refractivity contribution in [2.45, 2.75) is 122 Å². The lowest BCUT2D eigenvalue weighted by Gasteiger charge is -2.30. The number of aliphatic carboxylic acids is 2. The van der Waals surface area contributed by atoms with Gasteiger partial charge in [0.15, 0.2) is 12.2 Å². The number of carbonyl (C=O) groups is 3. The monoisotopic (exact) mass is 560 g/mol. The summed E-state index contributed by atoms with van der Waals surface area (Å²) < 4.78 is 4.78. The first kappa shape index (κ1) is 37.2. The van der Waals surface area contributed by atoms with Gasteiger partial charge in [-0.15, -0.1) is 0 Å². The van der Waals surface area contributed by atoms with Crippen LogP contribution in [0.3, 0.4) is 0 Å². The van der Waals surface area contributed by atoms with Gasteiger partial charge in [-0.2, -0.15) is 0 Å². The molecule has 0 aliphatic carbocycles. The summed E-state index contributed by atoms with van der Waals surface area (Å²) in [6.45, 7) is 6.30. The number of carboxylic acid groups (broad SMARTS) is 2. The molecule has 10 nitrogen and oxygen atoms in total. The van der Waals surface area contributed by atoms with E-state index in [1.807, 2.05) is 4.90 Å². The molecule has 1 aliphatic rings. The fourth-order valence-electron chi connectivity index (χ4n) is 4.37. The molecule has 0 aromatic carbocycles. The molecule has 230 valence electrons. The van der Waals surface area contributed by atoms with Crippen molar-refractivity contribution in [3.05, 3.63) is 0 Å². The van der Waals surface area contributed by atoms with Crippen molar-refractivity contribution in [2.75, 3.05) is 46.4 Å². The number of hydrogen-bond acceptors (Lipinski definition) is 8. The van der Waals surface area contributed by atoms with Gasteiger partial charge in [-0.05, 0) is 13.5 Å². The minimum atomic E-state index is -2.14. The summed E-state index contributed by atoms with van der Waals surface area (Å²) in [4.78, 5) is 36.3. The molecule has 2 unspecified atom stereocenters. The van der Waals surface area contributed by atoms with Gasteiger partial charge in [-0.3, -0.25) is 9.69 Å². The van der Waals surface area contributed by atoms with E-state index in [0.717, 1.165) is 39.0 Å². The second kappa shape index (κ2) is 25.2. The molecule has 1 heterocycles. The SMILES string of the molecule is CCCCCCCCCCCCCCCCCCOC(=O)C(O)C(O)C(=O)O.CN1CCN(CC(=O)O)CC1. The lowest BCUT2D eigenvalue weighted by molar-refractivity contribution is -0.169. The van der Waals surface area contributed by atoms with Gasteiger partial charge in [0.1, 0.15) is 0 Å². The highest BCUT2D eigenvalue weighted by molar-refractivity contribution is 5.84. The summed E-state index contributed by atoms with van der Waals surface area (Å²) in [6, 6.07) is 0. The molecule has 4 N–H and O–H groups in total. The predicted molar refractivity (Wildman–Crippen MR) is 152 cm³/mol. The minimum absolute atomic E-state index is 0.140. The number of ether oxygens (including phenoxy) is 1.